The number of hydrogen-bond acceptors (Lipinski definition) is 7. The van der Waals surface area contributed by atoms with Crippen LogP contribution in [0.15, 0.2) is 78.9 Å². The Morgan fingerprint density at radius 1 is 1.00 bits per heavy atom. The molecule has 36 heavy (non-hydrogen) atoms. The van der Waals surface area contributed by atoms with Gasteiger partial charge in [-0.25, -0.2) is 9.91 Å². The molecule has 3 aromatic rings. The number of nitro benzene ring substituents is 1. The lowest BCUT2D eigenvalue weighted by atomic mass is 10.1. The number of hydrazine groups is 1. The van der Waals surface area contributed by atoms with Crippen LogP contribution in [0.2, 0.25) is 0 Å². The smallest absolute Gasteiger partial charge is 0.282 e. The van der Waals surface area contributed by atoms with Crippen LogP contribution < -0.4 is 15.1 Å². The minimum absolute atomic E-state index is 0.0945. The number of nitrogens with one attached hydrogen (secondary N) is 1. The van der Waals surface area contributed by atoms with Crippen molar-refractivity contribution in [3.05, 3.63) is 100 Å². The van der Waals surface area contributed by atoms with E-state index in [2.05, 4.69) is 5.43 Å². The van der Waals surface area contributed by atoms with Gasteiger partial charge in [0.1, 0.15) is 17.4 Å². The Kier molecular flexibility index (Phi) is 6.72. The lowest BCUT2D eigenvalue weighted by Gasteiger charge is -2.28. The monoisotopic (exact) mass is 488 g/mol. The SMILES string of the molecule is COc1ccc(C(=O)N(NC(=O)c2ccccc2[N+](=O)[O-])C2CC(=O)N(c3ccccc3)C2=O)cc1. The topological polar surface area (TPSA) is 139 Å². The summed E-state index contributed by atoms with van der Waals surface area (Å²) in [5, 5.41) is 12.2. The summed E-state index contributed by atoms with van der Waals surface area (Å²) in [6.07, 6.45) is -0.396. The zero-order chi connectivity index (χ0) is 25.8. The minimum Gasteiger partial charge on any atom is -0.497 e. The normalized spacial score (nSPS) is 14.9. The second kappa shape index (κ2) is 10.1. The molecule has 0 spiro atoms. The van der Waals surface area contributed by atoms with Gasteiger partial charge in [0.05, 0.1) is 24.1 Å². The van der Waals surface area contributed by atoms with Crippen molar-refractivity contribution in [1.29, 1.82) is 0 Å². The van der Waals surface area contributed by atoms with E-state index in [1.807, 2.05) is 0 Å². The molecule has 1 aliphatic rings. The van der Waals surface area contributed by atoms with E-state index in [0.717, 1.165) is 16.0 Å². The number of rotatable bonds is 6. The van der Waals surface area contributed by atoms with Crippen molar-refractivity contribution in [3.8, 4) is 5.75 Å². The van der Waals surface area contributed by atoms with Gasteiger partial charge in [-0.1, -0.05) is 30.3 Å². The zero-order valence-corrected chi connectivity index (χ0v) is 19.0. The second-order valence-corrected chi connectivity index (χ2v) is 7.74. The number of carbonyl (C=O) groups excluding carboxylic acids is 4. The van der Waals surface area contributed by atoms with Gasteiger partial charge < -0.3 is 4.74 Å². The highest BCUT2D eigenvalue weighted by atomic mass is 16.6. The first kappa shape index (κ1) is 24.1. The summed E-state index contributed by atoms with van der Waals surface area (Å²) in [4.78, 5) is 64.3. The van der Waals surface area contributed by atoms with Gasteiger partial charge in [0.2, 0.25) is 5.91 Å². The first-order valence-electron chi connectivity index (χ1n) is 10.8. The van der Waals surface area contributed by atoms with Crippen LogP contribution in [-0.4, -0.2) is 46.7 Å². The molecular weight excluding hydrogens is 468 g/mol. The van der Waals surface area contributed by atoms with Crippen molar-refractivity contribution in [2.24, 2.45) is 0 Å². The number of benzene rings is 3. The lowest BCUT2D eigenvalue weighted by molar-refractivity contribution is -0.385. The molecule has 0 radical (unpaired) electrons. The van der Waals surface area contributed by atoms with E-state index in [0.29, 0.717) is 11.4 Å². The summed E-state index contributed by atoms with van der Waals surface area (Å²) in [5.41, 5.74) is 1.95. The maximum absolute atomic E-state index is 13.5. The quantitative estimate of drug-likeness (QED) is 0.320. The van der Waals surface area contributed by atoms with Crippen molar-refractivity contribution >= 4 is 35.0 Å². The van der Waals surface area contributed by atoms with Crippen molar-refractivity contribution in [2.45, 2.75) is 12.5 Å². The third-order valence-electron chi connectivity index (χ3n) is 5.57. The Hall–Kier alpha value is -5.06. The van der Waals surface area contributed by atoms with E-state index >= 15 is 0 Å². The second-order valence-electron chi connectivity index (χ2n) is 7.74. The number of nitrogens with zero attached hydrogens (tertiary/aromatic N) is 3. The van der Waals surface area contributed by atoms with E-state index in [4.69, 9.17) is 4.74 Å². The standard InChI is InChI=1S/C25H20N4O7/c1-36-18-13-11-16(12-14-18)24(32)28(26-23(31)19-9-5-6-10-20(19)29(34)35)21-15-22(30)27(25(21)33)17-7-3-2-4-8-17/h2-14,21H,15H2,1H3,(H,26,31). The van der Waals surface area contributed by atoms with Gasteiger partial charge in [-0.3, -0.25) is 34.7 Å². The maximum Gasteiger partial charge on any atom is 0.282 e. The van der Waals surface area contributed by atoms with Crippen molar-refractivity contribution < 1.29 is 28.8 Å². The number of carbonyl (C=O) groups is 4. The van der Waals surface area contributed by atoms with Crippen LogP contribution in [0.1, 0.15) is 27.1 Å². The molecule has 11 nitrogen and oxygen atoms in total. The third kappa shape index (κ3) is 4.62. The molecule has 4 rings (SSSR count). The molecule has 11 heteroatoms. The summed E-state index contributed by atoms with van der Waals surface area (Å²) in [7, 11) is 1.46. The van der Waals surface area contributed by atoms with E-state index < -0.39 is 46.7 Å². The number of para-hydroxylation sites is 2. The van der Waals surface area contributed by atoms with Crippen LogP contribution in [0.3, 0.4) is 0 Å². The summed E-state index contributed by atoms with van der Waals surface area (Å²) in [6.45, 7) is 0. The van der Waals surface area contributed by atoms with Crippen LogP contribution in [0.25, 0.3) is 0 Å². The van der Waals surface area contributed by atoms with Crippen molar-refractivity contribution in [1.82, 2.24) is 10.4 Å². The molecule has 0 bridgehead atoms. The fraction of sp³-hybridized carbons (Fsp3) is 0.120. The molecule has 0 aliphatic carbocycles. The Morgan fingerprint density at radius 3 is 2.28 bits per heavy atom. The van der Waals surface area contributed by atoms with Crippen LogP contribution in [0.5, 0.6) is 5.75 Å². The maximum atomic E-state index is 13.5. The number of ether oxygens (including phenoxy) is 1. The molecule has 1 aliphatic heterocycles. The Morgan fingerprint density at radius 2 is 1.64 bits per heavy atom. The average molecular weight is 488 g/mol. The summed E-state index contributed by atoms with van der Waals surface area (Å²) in [6, 6.07) is 17.9. The average Bonchev–Trinajstić information content (AvgIpc) is 3.20. The number of anilines is 1. The Balaban J connectivity index is 1.71. The van der Waals surface area contributed by atoms with Crippen LogP contribution in [0.4, 0.5) is 11.4 Å². The highest BCUT2D eigenvalue weighted by Gasteiger charge is 2.45. The molecule has 1 unspecified atom stereocenters. The molecule has 1 atom stereocenters. The predicted molar refractivity (Wildman–Crippen MR) is 127 cm³/mol. The lowest BCUT2D eigenvalue weighted by Crippen LogP contribution is -2.54. The molecule has 1 N–H and O–H groups in total. The van der Waals surface area contributed by atoms with Crippen LogP contribution >= 0.6 is 0 Å². The first-order valence-corrected chi connectivity index (χ1v) is 10.8. The molecule has 1 heterocycles. The third-order valence-corrected chi connectivity index (χ3v) is 5.57. The molecule has 1 saturated heterocycles. The van der Waals surface area contributed by atoms with Gasteiger partial charge in [0.15, 0.2) is 0 Å². The Labute approximate surface area is 205 Å². The van der Waals surface area contributed by atoms with Crippen molar-refractivity contribution in [2.75, 3.05) is 12.0 Å². The van der Waals surface area contributed by atoms with E-state index in [-0.39, 0.29) is 11.1 Å². The molecule has 4 amide bonds. The summed E-state index contributed by atoms with van der Waals surface area (Å²) >= 11 is 0. The van der Waals surface area contributed by atoms with Crippen LogP contribution in [-0.2, 0) is 9.59 Å². The summed E-state index contributed by atoms with van der Waals surface area (Å²) in [5.74, 6) is -2.59. The number of methoxy groups -OCH3 is 1. The zero-order valence-electron chi connectivity index (χ0n) is 19.0. The van der Waals surface area contributed by atoms with Gasteiger partial charge in [-0.05, 0) is 42.5 Å². The fourth-order valence-corrected chi connectivity index (χ4v) is 3.80. The van der Waals surface area contributed by atoms with Gasteiger partial charge in [-0.15, -0.1) is 0 Å². The number of imide groups is 1. The molecule has 0 aromatic heterocycles. The van der Waals surface area contributed by atoms with Gasteiger partial charge in [0, 0.05) is 11.6 Å². The largest absolute Gasteiger partial charge is 0.497 e. The predicted octanol–water partition coefficient (Wildman–Crippen LogP) is 2.72. The Bertz CT molecular complexity index is 1340. The van der Waals surface area contributed by atoms with Gasteiger partial charge >= 0.3 is 0 Å². The first-order chi connectivity index (χ1) is 17.3. The van der Waals surface area contributed by atoms with E-state index in [1.54, 1.807) is 30.3 Å². The molecule has 182 valence electrons. The van der Waals surface area contributed by atoms with Gasteiger partial charge in [-0.2, -0.15) is 0 Å². The highest BCUT2D eigenvalue weighted by Crippen LogP contribution is 2.27. The van der Waals surface area contributed by atoms with Gasteiger partial charge in [0.25, 0.3) is 23.4 Å². The summed E-state index contributed by atoms with van der Waals surface area (Å²) < 4.78 is 5.10. The van der Waals surface area contributed by atoms with E-state index in [1.165, 1.54) is 49.6 Å². The molecule has 3 aromatic carbocycles. The molecule has 1 fully saturated rings. The highest BCUT2D eigenvalue weighted by molar-refractivity contribution is 6.23. The van der Waals surface area contributed by atoms with Crippen LogP contribution in [0, 0.1) is 10.1 Å². The molecular formula is C25H20N4O7. The number of amides is 4. The molecule has 0 saturated carbocycles. The fourth-order valence-electron chi connectivity index (χ4n) is 3.80. The number of nitro groups is 1. The minimum atomic E-state index is -1.38. The van der Waals surface area contributed by atoms with Crippen molar-refractivity contribution in [3.63, 3.8) is 0 Å². The number of hydrogen-bond donors (Lipinski definition) is 1. The van der Waals surface area contributed by atoms with E-state index in [9.17, 15) is 29.3 Å².